The molecule has 0 N–H and O–H groups in total. The Balaban J connectivity index is 1.67. The molecular weight excluding hydrogens is 363 g/mol. The fraction of sp³-hybridized carbons (Fsp3) is 0.333. The Labute approximate surface area is 152 Å². The van der Waals surface area contributed by atoms with Crippen molar-refractivity contribution in [2.45, 2.75) is 19.2 Å². The van der Waals surface area contributed by atoms with E-state index in [2.05, 4.69) is 14.9 Å². The van der Waals surface area contributed by atoms with Gasteiger partial charge < -0.3 is 9.64 Å². The zero-order valence-electron chi connectivity index (χ0n) is 14.0. The number of alkyl halides is 3. The van der Waals surface area contributed by atoms with Crippen molar-refractivity contribution in [1.29, 1.82) is 0 Å². The standard InChI is InChI=1S/C18H16F3N3OS/c1-11-10-26-17(23-11)16-9-24(6-7-25-16)15-4-5-22-14-8-12(18(19,20)21)2-3-13(14)15/h2-5,8,10,16H,6-7,9H2,1H3. The average molecular weight is 379 g/mol. The molecule has 0 radical (unpaired) electrons. The molecule has 1 saturated heterocycles. The van der Waals surface area contributed by atoms with Crippen molar-refractivity contribution in [2.75, 3.05) is 24.6 Å². The average Bonchev–Trinajstić information content (AvgIpc) is 3.06. The van der Waals surface area contributed by atoms with Gasteiger partial charge in [-0.25, -0.2) is 4.98 Å². The number of aromatic nitrogens is 2. The van der Waals surface area contributed by atoms with Crippen LogP contribution < -0.4 is 4.90 Å². The van der Waals surface area contributed by atoms with Gasteiger partial charge in [-0.1, -0.05) is 6.07 Å². The summed E-state index contributed by atoms with van der Waals surface area (Å²) in [6.07, 6.45) is -2.96. The highest BCUT2D eigenvalue weighted by Gasteiger charge is 2.31. The molecule has 1 atom stereocenters. The van der Waals surface area contributed by atoms with Crippen LogP contribution in [0.2, 0.25) is 0 Å². The SMILES string of the molecule is Cc1csc(C2CN(c3ccnc4cc(C(F)(F)F)ccc34)CCO2)n1. The molecular formula is C18H16F3N3OS. The minimum absolute atomic E-state index is 0.139. The third kappa shape index (κ3) is 3.26. The number of pyridine rings is 1. The number of nitrogens with zero attached hydrogens (tertiary/aromatic N) is 3. The van der Waals surface area contributed by atoms with Gasteiger partial charge in [0.1, 0.15) is 11.1 Å². The number of thiazole rings is 1. The lowest BCUT2D eigenvalue weighted by Crippen LogP contribution is -2.38. The molecule has 1 aliphatic rings. The maximum atomic E-state index is 13.0. The highest BCUT2D eigenvalue weighted by atomic mass is 32.1. The lowest BCUT2D eigenvalue weighted by molar-refractivity contribution is -0.137. The molecule has 4 rings (SSSR count). The minimum Gasteiger partial charge on any atom is -0.367 e. The molecule has 3 aromatic rings. The van der Waals surface area contributed by atoms with E-state index in [1.165, 1.54) is 6.07 Å². The predicted molar refractivity (Wildman–Crippen MR) is 94.5 cm³/mol. The molecule has 1 unspecified atom stereocenters. The van der Waals surface area contributed by atoms with E-state index < -0.39 is 11.7 Å². The van der Waals surface area contributed by atoms with Gasteiger partial charge in [0, 0.05) is 34.9 Å². The van der Waals surface area contributed by atoms with E-state index >= 15 is 0 Å². The Bertz CT molecular complexity index is 941. The molecule has 26 heavy (non-hydrogen) atoms. The van der Waals surface area contributed by atoms with Gasteiger partial charge >= 0.3 is 6.18 Å². The minimum atomic E-state index is -4.38. The number of anilines is 1. The molecule has 0 bridgehead atoms. The summed E-state index contributed by atoms with van der Waals surface area (Å²) in [7, 11) is 0. The van der Waals surface area contributed by atoms with Crippen molar-refractivity contribution in [3.8, 4) is 0 Å². The van der Waals surface area contributed by atoms with E-state index in [0.717, 1.165) is 28.5 Å². The smallest absolute Gasteiger partial charge is 0.367 e. The summed E-state index contributed by atoms with van der Waals surface area (Å²) in [5.41, 5.74) is 1.48. The number of hydrogen-bond acceptors (Lipinski definition) is 5. The van der Waals surface area contributed by atoms with E-state index in [4.69, 9.17) is 4.74 Å². The summed E-state index contributed by atoms with van der Waals surface area (Å²) < 4.78 is 44.7. The fourth-order valence-electron chi connectivity index (χ4n) is 3.12. The largest absolute Gasteiger partial charge is 0.416 e. The number of benzene rings is 1. The van der Waals surface area contributed by atoms with Crippen LogP contribution in [0.15, 0.2) is 35.8 Å². The van der Waals surface area contributed by atoms with Crippen molar-refractivity contribution in [3.05, 3.63) is 52.1 Å². The maximum absolute atomic E-state index is 13.0. The van der Waals surface area contributed by atoms with Crippen molar-refractivity contribution in [2.24, 2.45) is 0 Å². The number of hydrogen-bond donors (Lipinski definition) is 0. The molecule has 1 aromatic carbocycles. The van der Waals surface area contributed by atoms with E-state index in [0.29, 0.717) is 30.6 Å². The molecule has 0 amide bonds. The molecule has 0 saturated carbocycles. The van der Waals surface area contributed by atoms with E-state index in [-0.39, 0.29) is 6.10 Å². The van der Waals surface area contributed by atoms with Crippen LogP contribution in [0.5, 0.6) is 0 Å². The van der Waals surface area contributed by atoms with Crippen LogP contribution >= 0.6 is 11.3 Å². The molecule has 3 heterocycles. The molecule has 8 heteroatoms. The number of ether oxygens (including phenoxy) is 1. The van der Waals surface area contributed by atoms with Gasteiger partial charge in [0.25, 0.3) is 0 Å². The number of rotatable bonds is 2. The van der Waals surface area contributed by atoms with Gasteiger partial charge in [0.05, 0.1) is 24.2 Å². The molecule has 136 valence electrons. The van der Waals surface area contributed by atoms with Gasteiger partial charge in [-0.2, -0.15) is 13.2 Å². The zero-order chi connectivity index (χ0) is 18.3. The Morgan fingerprint density at radius 2 is 2.12 bits per heavy atom. The van der Waals surface area contributed by atoms with Crippen molar-refractivity contribution < 1.29 is 17.9 Å². The number of halogens is 3. The van der Waals surface area contributed by atoms with Gasteiger partial charge in [-0.3, -0.25) is 4.98 Å². The second-order valence-corrected chi connectivity index (χ2v) is 7.08. The third-order valence-corrected chi connectivity index (χ3v) is 5.42. The summed E-state index contributed by atoms with van der Waals surface area (Å²) in [6.45, 7) is 3.75. The predicted octanol–water partition coefficient (Wildman–Crippen LogP) is 4.60. The highest BCUT2D eigenvalue weighted by Crippen LogP contribution is 2.35. The van der Waals surface area contributed by atoms with Crippen LogP contribution in [-0.4, -0.2) is 29.7 Å². The molecule has 0 aliphatic carbocycles. The van der Waals surface area contributed by atoms with Gasteiger partial charge in [0.2, 0.25) is 0 Å². The molecule has 1 aliphatic heterocycles. The van der Waals surface area contributed by atoms with Gasteiger partial charge in [-0.15, -0.1) is 11.3 Å². The molecule has 2 aromatic heterocycles. The van der Waals surface area contributed by atoms with Crippen LogP contribution in [-0.2, 0) is 10.9 Å². The van der Waals surface area contributed by atoms with Crippen LogP contribution in [0.1, 0.15) is 22.4 Å². The first-order valence-corrected chi connectivity index (χ1v) is 9.04. The summed E-state index contributed by atoms with van der Waals surface area (Å²) in [5.74, 6) is 0. The van der Waals surface area contributed by atoms with Crippen LogP contribution in [0, 0.1) is 6.92 Å². The topological polar surface area (TPSA) is 38.2 Å². The summed E-state index contributed by atoms with van der Waals surface area (Å²) in [4.78, 5) is 10.7. The second-order valence-electron chi connectivity index (χ2n) is 6.19. The Hall–Kier alpha value is -2.19. The highest BCUT2D eigenvalue weighted by molar-refractivity contribution is 7.09. The lowest BCUT2D eigenvalue weighted by atomic mass is 10.1. The molecule has 0 spiro atoms. The molecule has 4 nitrogen and oxygen atoms in total. The first kappa shape index (κ1) is 17.2. The maximum Gasteiger partial charge on any atom is 0.416 e. The summed E-state index contributed by atoms with van der Waals surface area (Å²) in [6, 6.07) is 5.54. The third-order valence-electron chi connectivity index (χ3n) is 4.37. The number of fused-ring (bicyclic) bond motifs is 1. The normalized spacial score (nSPS) is 18.5. The summed E-state index contributed by atoms with van der Waals surface area (Å²) in [5, 5.41) is 3.61. The fourth-order valence-corrected chi connectivity index (χ4v) is 3.96. The van der Waals surface area contributed by atoms with Crippen LogP contribution in [0.3, 0.4) is 0 Å². The van der Waals surface area contributed by atoms with Gasteiger partial charge in [-0.05, 0) is 25.1 Å². The quantitative estimate of drug-likeness (QED) is 0.652. The molecule has 1 fully saturated rings. The van der Waals surface area contributed by atoms with Crippen LogP contribution in [0.4, 0.5) is 18.9 Å². The Morgan fingerprint density at radius 1 is 1.27 bits per heavy atom. The van der Waals surface area contributed by atoms with E-state index in [1.807, 2.05) is 18.4 Å². The van der Waals surface area contributed by atoms with E-state index in [9.17, 15) is 13.2 Å². The van der Waals surface area contributed by atoms with Crippen LogP contribution in [0.25, 0.3) is 10.9 Å². The van der Waals surface area contributed by atoms with Crippen molar-refractivity contribution in [1.82, 2.24) is 9.97 Å². The Kier molecular flexibility index (Phi) is 4.32. The number of morpholine rings is 1. The monoisotopic (exact) mass is 379 g/mol. The first-order chi connectivity index (χ1) is 12.4. The lowest BCUT2D eigenvalue weighted by Gasteiger charge is -2.34. The summed E-state index contributed by atoms with van der Waals surface area (Å²) >= 11 is 1.56. The number of aryl methyl sites for hydroxylation is 1. The van der Waals surface area contributed by atoms with Crippen molar-refractivity contribution >= 4 is 27.9 Å². The Morgan fingerprint density at radius 3 is 2.85 bits per heavy atom. The van der Waals surface area contributed by atoms with E-state index in [1.54, 1.807) is 17.5 Å². The second kappa shape index (κ2) is 6.51. The van der Waals surface area contributed by atoms with Crippen molar-refractivity contribution in [3.63, 3.8) is 0 Å². The first-order valence-electron chi connectivity index (χ1n) is 8.16. The van der Waals surface area contributed by atoms with Gasteiger partial charge in [0.15, 0.2) is 0 Å². The zero-order valence-corrected chi connectivity index (χ0v) is 14.8.